The molecule has 4 nitrogen and oxygen atoms in total. The SMILES string of the molecule is O=c1c2ccccc2c(Cc2ccccc2)nn1N=Cc1ccc(Br)cc1. The van der Waals surface area contributed by atoms with Crippen molar-refractivity contribution < 1.29 is 0 Å². The van der Waals surface area contributed by atoms with Gasteiger partial charge in [0.2, 0.25) is 0 Å². The van der Waals surface area contributed by atoms with Gasteiger partial charge in [0.25, 0.3) is 5.56 Å². The molecule has 0 aliphatic heterocycles. The second-order valence-electron chi connectivity index (χ2n) is 6.15. The van der Waals surface area contributed by atoms with Crippen molar-refractivity contribution in [1.29, 1.82) is 0 Å². The van der Waals surface area contributed by atoms with Crippen LogP contribution in [0.2, 0.25) is 0 Å². The quantitative estimate of drug-likeness (QED) is 0.454. The minimum absolute atomic E-state index is 0.226. The van der Waals surface area contributed by atoms with E-state index in [-0.39, 0.29) is 5.56 Å². The maximum Gasteiger partial charge on any atom is 0.295 e. The first-order valence-electron chi connectivity index (χ1n) is 8.55. The number of benzene rings is 3. The fourth-order valence-corrected chi connectivity index (χ4v) is 3.18. The van der Waals surface area contributed by atoms with E-state index in [4.69, 9.17) is 0 Å². The van der Waals surface area contributed by atoms with E-state index in [1.54, 1.807) is 6.21 Å². The smallest absolute Gasteiger partial charge is 0.265 e. The van der Waals surface area contributed by atoms with Crippen molar-refractivity contribution in [3.05, 3.63) is 111 Å². The number of hydrogen-bond acceptors (Lipinski definition) is 3. The van der Waals surface area contributed by atoms with E-state index in [9.17, 15) is 4.79 Å². The summed E-state index contributed by atoms with van der Waals surface area (Å²) in [6, 6.07) is 25.3. The van der Waals surface area contributed by atoms with Crippen molar-refractivity contribution in [2.24, 2.45) is 5.10 Å². The molecule has 0 fully saturated rings. The average molecular weight is 418 g/mol. The molecule has 3 aromatic carbocycles. The van der Waals surface area contributed by atoms with E-state index in [0.29, 0.717) is 11.8 Å². The molecule has 1 aromatic heterocycles. The zero-order chi connectivity index (χ0) is 18.6. The van der Waals surface area contributed by atoms with Crippen molar-refractivity contribution in [3.63, 3.8) is 0 Å². The third kappa shape index (κ3) is 3.88. The van der Waals surface area contributed by atoms with Gasteiger partial charge < -0.3 is 0 Å². The molecular weight excluding hydrogens is 402 g/mol. The van der Waals surface area contributed by atoms with Crippen LogP contribution < -0.4 is 5.56 Å². The molecule has 132 valence electrons. The molecular formula is C22H16BrN3O. The maximum absolute atomic E-state index is 12.8. The Morgan fingerprint density at radius 3 is 2.30 bits per heavy atom. The summed E-state index contributed by atoms with van der Waals surface area (Å²) in [7, 11) is 0. The van der Waals surface area contributed by atoms with Crippen LogP contribution in [0.3, 0.4) is 0 Å². The lowest BCUT2D eigenvalue weighted by Gasteiger charge is -2.08. The van der Waals surface area contributed by atoms with Gasteiger partial charge in [0.05, 0.1) is 17.3 Å². The monoisotopic (exact) mass is 417 g/mol. The summed E-state index contributed by atoms with van der Waals surface area (Å²) in [4.78, 5) is 14.0. The summed E-state index contributed by atoms with van der Waals surface area (Å²) in [6.07, 6.45) is 2.28. The van der Waals surface area contributed by atoms with Gasteiger partial charge in [-0.3, -0.25) is 4.79 Å². The highest BCUT2D eigenvalue weighted by Gasteiger charge is 2.10. The van der Waals surface area contributed by atoms with Crippen LogP contribution in [-0.2, 0) is 6.42 Å². The lowest BCUT2D eigenvalue weighted by Crippen LogP contribution is -2.21. The molecule has 5 heteroatoms. The Bertz CT molecular complexity index is 1170. The standard InChI is InChI=1S/C22H16BrN3O/c23-18-12-10-17(11-13-18)15-24-26-22(27)20-9-5-4-8-19(20)21(25-26)14-16-6-2-1-3-7-16/h1-13,15H,14H2. The molecule has 0 unspecified atom stereocenters. The van der Waals surface area contributed by atoms with E-state index in [1.807, 2.05) is 66.7 Å². The van der Waals surface area contributed by atoms with Gasteiger partial charge in [0.15, 0.2) is 0 Å². The van der Waals surface area contributed by atoms with Crippen LogP contribution in [0.5, 0.6) is 0 Å². The number of fused-ring (bicyclic) bond motifs is 1. The highest BCUT2D eigenvalue weighted by molar-refractivity contribution is 9.10. The maximum atomic E-state index is 12.8. The minimum Gasteiger partial charge on any atom is -0.265 e. The average Bonchev–Trinajstić information content (AvgIpc) is 2.71. The Labute approximate surface area is 164 Å². The number of aromatic nitrogens is 2. The zero-order valence-corrected chi connectivity index (χ0v) is 16.0. The highest BCUT2D eigenvalue weighted by atomic mass is 79.9. The van der Waals surface area contributed by atoms with E-state index >= 15 is 0 Å². The minimum atomic E-state index is -0.226. The van der Waals surface area contributed by atoms with E-state index in [0.717, 1.165) is 26.7 Å². The first-order valence-corrected chi connectivity index (χ1v) is 9.35. The number of hydrogen-bond donors (Lipinski definition) is 0. The van der Waals surface area contributed by atoms with Gasteiger partial charge in [0, 0.05) is 16.3 Å². The topological polar surface area (TPSA) is 47.2 Å². The van der Waals surface area contributed by atoms with Crippen LogP contribution >= 0.6 is 15.9 Å². The van der Waals surface area contributed by atoms with E-state index < -0.39 is 0 Å². The largest absolute Gasteiger partial charge is 0.295 e. The molecule has 0 amide bonds. The van der Waals surface area contributed by atoms with Crippen LogP contribution in [0.15, 0.2) is 93.2 Å². The van der Waals surface area contributed by atoms with Crippen LogP contribution in [0.25, 0.3) is 10.8 Å². The van der Waals surface area contributed by atoms with Crippen molar-refractivity contribution in [1.82, 2.24) is 9.89 Å². The summed E-state index contributed by atoms with van der Waals surface area (Å²) in [6.45, 7) is 0. The van der Waals surface area contributed by atoms with Gasteiger partial charge in [-0.25, -0.2) is 0 Å². The first-order chi connectivity index (χ1) is 13.2. The zero-order valence-electron chi connectivity index (χ0n) is 14.4. The molecule has 0 radical (unpaired) electrons. The molecule has 0 saturated carbocycles. The molecule has 4 rings (SSSR count). The molecule has 0 spiro atoms. The fourth-order valence-electron chi connectivity index (χ4n) is 2.91. The number of rotatable bonds is 4. The molecule has 4 aromatic rings. The van der Waals surface area contributed by atoms with Gasteiger partial charge in [-0.05, 0) is 29.3 Å². The molecule has 0 bridgehead atoms. The molecule has 0 aliphatic carbocycles. The number of nitrogens with zero attached hydrogens (tertiary/aromatic N) is 3. The molecule has 27 heavy (non-hydrogen) atoms. The predicted octanol–water partition coefficient (Wildman–Crippen LogP) is 4.63. The Kier molecular flexibility index (Phi) is 4.94. The van der Waals surface area contributed by atoms with Crippen LogP contribution in [0.4, 0.5) is 0 Å². The Morgan fingerprint density at radius 1 is 0.889 bits per heavy atom. The molecule has 0 aliphatic rings. The third-order valence-electron chi connectivity index (χ3n) is 4.27. The van der Waals surface area contributed by atoms with Gasteiger partial charge >= 0.3 is 0 Å². The van der Waals surface area contributed by atoms with Gasteiger partial charge in [-0.15, -0.1) is 4.79 Å². The second kappa shape index (κ2) is 7.68. The van der Waals surface area contributed by atoms with Crippen LogP contribution in [0, 0.1) is 0 Å². The van der Waals surface area contributed by atoms with E-state index in [2.05, 4.69) is 38.3 Å². The van der Waals surface area contributed by atoms with Gasteiger partial charge in [-0.2, -0.15) is 10.2 Å². The fraction of sp³-hybridized carbons (Fsp3) is 0.0455. The van der Waals surface area contributed by atoms with E-state index in [1.165, 1.54) is 4.79 Å². The summed E-state index contributed by atoms with van der Waals surface area (Å²) in [5, 5.41) is 10.3. The van der Waals surface area contributed by atoms with Gasteiger partial charge in [0.1, 0.15) is 0 Å². The number of halogens is 1. The predicted molar refractivity (Wildman–Crippen MR) is 112 cm³/mol. The molecule has 0 atom stereocenters. The second-order valence-corrected chi connectivity index (χ2v) is 7.06. The Morgan fingerprint density at radius 2 is 1.56 bits per heavy atom. The van der Waals surface area contributed by atoms with Crippen LogP contribution in [0.1, 0.15) is 16.8 Å². The highest BCUT2D eigenvalue weighted by Crippen LogP contribution is 2.17. The Hall–Kier alpha value is -3.05. The molecule has 0 saturated heterocycles. The molecule has 0 N–H and O–H groups in total. The van der Waals surface area contributed by atoms with Crippen LogP contribution in [-0.4, -0.2) is 16.1 Å². The summed E-state index contributed by atoms with van der Waals surface area (Å²) in [5.74, 6) is 0. The van der Waals surface area contributed by atoms with Crippen molar-refractivity contribution in [2.75, 3.05) is 0 Å². The lowest BCUT2D eigenvalue weighted by atomic mass is 10.0. The normalized spacial score (nSPS) is 11.3. The molecule has 1 heterocycles. The lowest BCUT2D eigenvalue weighted by molar-refractivity contribution is 0.679. The summed E-state index contributed by atoms with van der Waals surface area (Å²) >= 11 is 3.41. The first kappa shape index (κ1) is 17.4. The van der Waals surface area contributed by atoms with Crippen molar-refractivity contribution in [3.8, 4) is 0 Å². The summed E-state index contributed by atoms with van der Waals surface area (Å²) in [5.41, 5.74) is 2.63. The van der Waals surface area contributed by atoms with Crippen molar-refractivity contribution in [2.45, 2.75) is 6.42 Å². The van der Waals surface area contributed by atoms with Crippen molar-refractivity contribution >= 4 is 32.9 Å². The van der Waals surface area contributed by atoms with Gasteiger partial charge in [-0.1, -0.05) is 76.6 Å². The Balaban J connectivity index is 1.79. The third-order valence-corrected chi connectivity index (χ3v) is 4.79. The summed E-state index contributed by atoms with van der Waals surface area (Å²) < 4.78 is 0.991.